The van der Waals surface area contributed by atoms with Gasteiger partial charge in [0.05, 0.1) is 12.8 Å². The van der Waals surface area contributed by atoms with E-state index in [2.05, 4.69) is 4.98 Å². The molecular formula is C20H17NO3. The number of nitrogens with zero attached hydrogens (tertiary/aromatic N) is 1. The molecule has 0 fully saturated rings. The van der Waals surface area contributed by atoms with Crippen molar-refractivity contribution in [3.05, 3.63) is 84.1 Å². The van der Waals surface area contributed by atoms with Crippen LogP contribution in [0.2, 0.25) is 0 Å². The molecule has 0 saturated carbocycles. The molecular weight excluding hydrogens is 302 g/mol. The lowest BCUT2D eigenvalue weighted by Gasteiger charge is -2.08. The number of benzene rings is 2. The maximum absolute atomic E-state index is 11.6. The second-order valence-corrected chi connectivity index (χ2v) is 5.20. The SMILES string of the molecule is COC(=O)c1cccc(-c2ccc(OCc3ccccc3)cc2)n1. The van der Waals surface area contributed by atoms with Gasteiger partial charge in [-0.2, -0.15) is 0 Å². The highest BCUT2D eigenvalue weighted by Crippen LogP contribution is 2.22. The summed E-state index contributed by atoms with van der Waals surface area (Å²) in [4.78, 5) is 15.9. The maximum atomic E-state index is 11.6. The topological polar surface area (TPSA) is 48.4 Å². The van der Waals surface area contributed by atoms with Gasteiger partial charge in [0.1, 0.15) is 18.1 Å². The number of carbonyl (C=O) groups excluding carboxylic acids is 1. The number of hydrogen-bond donors (Lipinski definition) is 0. The van der Waals surface area contributed by atoms with Gasteiger partial charge in [-0.05, 0) is 42.0 Å². The van der Waals surface area contributed by atoms with Crippen molar-refractivity contribution >= 4 is 5.97 Å². The van der Waals surface area contributed by atoms with Crippen LogP contribution in [0.15, 0.2) is 72.8 Å². The third kappa shape index (κ3) is 3.79. The predicted octanol–water partition coefficient (Wildman–Crippen LogP) is 4.11. The van der Waals surface area contributed by atoms with Crippen LogP contribution in [0.1, 0.15) is 16.1 Å². The van der Waals surface area contributed by atoms with Crippen LogP contribution >= 0.6 is 0 Å². The minimum Gasteiger partial charge on any atom is -0.489 e. The first-order valence-corrected chi connectivity index (χ1v) is 7.59. The average molecular weight is 319 g/mol. The number of hydrogen-bond acceptors (Lipinski definition) is 4. The smallest absolute Gasteiger partial charge is 0.356 e. The molecule has 2 aromatic carbocycles. The summed E-state index contributed by atoms with van der Waals surface area (Å²) in [5.41, 5.74) is 3.04. The number of aromatic nitrogens is 1. The van der Waals surface area contributed by atoms with E-state index in [9.17, 15) is 4.79 Å². The number of ether oxygens (including phenoxy) is 2. The third-order valence-electron chi connectivity index (χ3n) is 3.54. The summed E-state index contributed by atoms with van der Waals surface area (Å²) in [6.07, 6.45) is 0. The zero-order chi connectivity index (χ0) is 16.8. The van der Waals surface area contributed by atoms with Gasteiger partial charge in [-0.3, -0.25) is 0 Å². The number of carbonyl (C=O) groups is 1. The van der Waals surface area contributed by atoms with E-state index < -0.39 is 5.97 Å². The molecule has 4 heteroatoms. The Hall–Kier alpha value is -3.14. The van der Waals surface area contributed by atoms with E-state index in [1.165, 1.54) is 7.11 Å². The van der Waals surface area contributed by atoms with Gasteiger partial charge >= 0.3 is 5.97 Å². The molecule has 0 aliphatic rings. The largest absolute Gasteiger partial charge is 0.489 e. The van der Waals surface area contributed by atoms with Gasteiger partial charge in [-0.1, -0.05) is 36.4 Å². The van der Waals surface area contributed by atoms with Crippen LogP contribution in [0.4, 0.5) is 0 Å². The number of rotatable bonds is 5. The van der Waals surface area contributed by atoms with Gasteiger partial charge < -0.3 is 9.47 Å². The summed E-state index contributed by atoms with van der Waals surface area (Å²) in [7, 11) is 1.34. The molecule has 0 N–H and O–H groups in total. The molecule has 0 aliphatic heterocycles. The fourth-order valence-electron chi connectivity index (χ4n) is 2.28. The molecule has 24 heavy (non-hydrogen) atoms. The second-order valence-electron chi connectivity index (χ2n) is 5.20. The molecule has 1 aromatic heterocycles. The van der Waals surface area contributed by atoms with Crippen LogP contribution < -0.4 is 4.74 Å². The van der Waals surface area contributed by atoms with Crippen LogP contribution in [-0.4, -0.2) is 18.1 Å². The molecule has 0 unspecified atom stereocenters. The lowest BCUT2D eigenvalue weighted by atomic mass is 10.1. The van der Waals surface area contributed by atoms with E-state index in [0.29, 0.717) is 18.0 Å². The van der Waals surface area contributed by atoms with Crippen LogP contribution in [0, 0.1) is 0 Å². The van der Waals surface area contributed by atoms with Gasteiger partial charge in [0.15, 0.2) is 0 Å². The van der Waals surface area contributed by atoms with Gasteiger partial charge in [0.2, 0.25) is 0 Å². The third-order valence-corrected chi connectivity index (χ3v) is 3.54. The van der Waals surface area contributed by atoms with Crippen molar-refractivity contribution in [2.45, 2.75) is 6.61 Å². The molecule has 0 spiro atoms. The molecule has 3 aromatic rings. The van der Waals surface area contributed by atoms with Crippen LogP contribution in [-0.2, 0) is 11.3 Å². The maximum Gasteiger partial charge on any atom is 0.356 e. The molecule has 0 aliphatic carbocycles. The molecule has 0 atom stereocenters. The van der Waals surface area contributed by atoms with Crippen molar-refractivity contribution in [1.82, 2.24) is 4.98 Å². The fourth-order valence-corrected chi connectivity index (χ4v) is 2.28. The highest BCUT2D eigenvalue weighted by molar-refractivity contribution is 5.87. The van der Waals surface area contributed by atoms with Crippen LogP contribution in [0.5, 0.6) is 5.75 Å². The van der Waals surface area contributed by atoms with Crippen molar-refractivity contribution in [3.8, 4) is 17.0 Å². The van der Waals surface area contributed by atoms with Crippen LogP contribution in [0.25, 0.3) is 11.3 Å². The van der Waals surface area contributed by atoms with E-state index in [1.807, 2.05) is 60.7 Å². The Balaban J connectivity index is 1.71. The zero-order valence-electron chi connectivity index (χ0n) is 13.3. The van der Waals surface area contributed by atoms with E-state index >= 15 is 0 Å². The van der Waals surface area contributed by atoms with Gasteiger partial charge in [0, 0.05) is 5.56 Å². The number of pyridine rings is 1. The standard InChI is InChI=1S/C20H17NO3/c1-23-20(22)19-9-5-8-18(21-19)16-10-12-17(13-11-16)24-14-15-6-3-2-4-7-15/h2-13H,14H2,1H3. The van der Waals surface area contributed by atoms with Crippen molar-refractivity contribution in [2.24, 2.45) is 0 Å². The quantitative estimate of drug-likeness (QED) is 0.664. The first-order valence-electron chi connectivity index (χ1n) is 7.59. The van der Waals surface area contributed by atoms with Gasteiger partial charge in [-0.25, -0.2) is 9.78 Å². The molecule has 3 rings (SSSR count). The van der Waals surface area contributed by atoms with E-state index in [-0.39, 0.29) is 0 Å². The fraction of sp³-hybridized carbons (Fsp3) is 0.100. The molecule has 1 heterocycles. The van der Waals surface area contributed by atoms with Gasteiger partial charge in [0.25, 0.3) is 0 Å². The summed E-state index contributed by atoms with van der Waals surface area (Å²) in [5, 5.41) is 0. The van der Waals surface area contributed by atoms with Crippen molar-refractivity contribution < 1.29 is 14.3 Å². The van der Waals surface area contributed by atoms with E-state index in [0.717, 1.165) is 16.9 Å². The lowest BCUT2D eigenvalue weighted by Crippen LogP contribution is -2.04. The summed E-state index contributed by atoms with van der Waals surface area (Å²) in [6.45, 7) is 0.524. The zero-order valence-corrected chi connectivity index (χ0v) is 13.3. The Bertz CT molecular complexity index is 814. The Morgan fingerprint density at radius 1 is 0.917 bits per heavy atom. The minimum atomic E-state index is -0.445. The first-order chi connectivity index (χ1) is 11.8. The summed E-state index contributed by atoms with van der Waals surface area (Å²) < 4.78 is 10.5. The van der Waals surface area contributed by atoms with E-state index in [4.69, 9.17) is 9.47 Å². The van der Waals surface area contributed by atoms with Gasteiger partial charge in [-0.15, -0.1) is 0 Å². The summed E-state index contributed by atoms with van der Waals surface area (Å²) in [6, 6.07) is 22.9. The Morgan fingerprint density at radius 3 is 2.38 bits per heavy atom. The summed E-state index contributed by atoms with van der Waals surface area (Å²) in [5.74, 6) is 0.339. The Morgan fingerprint density at radius 2 is 1.67 bits per heavy atom. The minimum absolute atomic E-state index is 0.291. The van der Waals surface area contributed by atoms with Crippen molar-refractivity contribution in [3.63, 3.8) is 0 Å². The molecule has 0 radical (unpaired) electrons. The molecule has 4 nitrogen and oxygen atoms in total. The second kappa shape index (κ2) is 7.42. The Kier molecular flexibility index (Phi) is 4.87. The molecule has 0 amide bonds. The Labute approximate surface area is 140 Å². The normalized spacial score (nSPS) is 10.2. The number of esters is 1. The first kappa shape index (κ1) is 15.7. The average Bonchev–Trinajstić information content (AvgIpc) is 2.67. The summed E-state index contributed by atoms with van der Waals surface area (Å²) >= 11 is 0. The monoisotopic (exact) mass is 319 g/mol. The van der Waals surface area contributed by atoms with Crippen molar-refractivity contribution in [1.29, 1.82) is 0 Å². The number of methoxy groups -OCH3 is 1. The highest BCUT2D eigenvalue weighted by Gasteiger charge is 2.08. The predicted molar refractivity (Wildman–Crippen MR) is 91.8 cm³/mol. The molecule has 0 saturated heterocycles. The van der Waals surface area contributed by atoms with Crippen LogP contribution in [0.3, 0.4) is 0 Å². The molecule has 120 valence electrons. The van der Waals surface area contributed by atoms with Crippen molar-refractivity contribution in [2.75, 3.05) is 7.11 Å². The molecule has 0 bridgehead atoms. The van der Waals surface area contributed by atoms with E-state index in [1.54, 1.807) is 12.1 Å². The lowest BCUT2D eigenvalue weighted by molar-refractivity contribution is 0.0594. The highest BCUT2D eigenvalue weighted by atomic mass is 16.5.